The summed E-state index contributed by atoms with van der Waals surface area (Å²) >= 11 is 0. The summed E-state index contributed by atoms with van der Waals surface area (Å²) in [4.78, 5) is 18.1. The molecule has 29 heavy (non-hydrogen) atoms. The number of nitrogens with zero attached hydrogens (tertiary/aromatic N) is 3. The Morgan fingerprint density at radius 1 is 1.00 bits per heavy atom. The largest absolute Gasteiger partial charge is 0.444 e. The van der Waals surface area contributed by atoms with Gasteiger partial charge >= 0.3 is 12.3 Å². The molecular formula is C21H30F3N3O2. The quantitative estimate of drug-likeness (QED) is 0.738. The zero-order valence-corrected chi connectivity index (χ0v) is 17.4. The van der Waals surface area contributed by atoms with Gasteiger partial charge in [0.05, 0.1) is 5.56 Å². The molecule has 0 saturated carbocycles. The SMILES string of the molecule is CC(C)(C)OC(=O)N1CCN(Cc2ccc(C(F)(F)F)cc2N2CCCC2)CC1. The summed E-state index contributed by atoms with van der Waals surface area (Å²) in [6.07, 6.45) is -2.65. The highest BCUT2D eigenvalue weighted by molar-refractivity contribution is 5.68. The Kier molecular flexibility index (Phi) is 6.31. The van der Waals surface area contributed by atoms with Gasteiger partial charge in [0.25, 0.3) is 0 Å². The Labute approximate surface area is 170 Å². The molecule has 2 aliphatic heterocycles. The Balaban J connectivity index is 1.67. The molecule has 0 unspecified atom stereocenters. The van der Waals surface area contributed by atoms with E-state index in [9.17, 15) is 18.0 Å². The number of amides is 1. The molecule has 0 radical (unpaired) electrons. The van der Waals surface area contributed by atoms with Crippen LogP contribution in [0.3, 0.4) is 0 Å². The Hall–Kier alpha value is -1.96. The lowest BCUT2D eigenvalue weighted by Gasteiger charge is -2.36. The summed E-state index contributed by atoms with van der Waals surface area (Å²) < 4.78 is 45.0. The number of halogens is 3. The van der Waals surface area contributed by atoms with Gasteiger partial charge in [0.2, 0.25) is 0 Å². The highest BCUT2D eigenvalue weighted by atomic mass is 19.4. The molecule has 0 spiro atoms. The molecule has 0 aromatic heterocycles. The van der Waals surface area contributed by atoms with Gasteiger partial charge in [-0.2, -0.15) is 13.2 Å². The van der Waals surface area contributed by atoms with E-state index in [1.807, 2.05) is 20.8 Å². The molecule has 5 nitrogen and oxygen atoms in total. The normalized spacial score (nSPS) is 19.0. The van der Waals surface area contributed by atoms with Crippen molar-refractivity contribution in [2.45, 2.75) is 51.9 Å². The first-order valence-electron chi connectivity index (χ1n) is 10.2. The summed E-state index contributed by atoms with van der Waals surface area (Å²) in [5, 5.41) is 0. The van der Waals surface area contributed by atoms with Crippen molar-refractivity contribution in [2.24, 2.45) is 0 Å². The monoisotopic (exact) mass is 413 g/mol. The number of carbonyl (C=O) groups is 1. The van der Waals surface area contributed by atoms with Crippen LogP contribution in [0.1, 0.15) is 44.7 Å². The van der Waals surface area contributed by atoms with E-state index >= 15 is 0 Å². The van der Waals surface area contributed by atoms with Gasteiger partial charge in [-0.05, 0) is 51.3 Å². The van der Waals surface area contributed by atoms with Gasteiger partial charge in [-0.1, -0.05) is 6.07 Å². The van der Waals surface area contributed by atoms with E-state index in [4.69, 9.17) is 4.74 Å². The van der Waals surface area contributed by atoms with Crippen LogP contribution < -0.4 is 4.90 Å². The Morgan fingerprint density at radius 3 is 2.17 bits per heavy atom. The Bertz CT molecular complexity index is 717. The maximum absolute atomic E-state index is 13.2. The van der Waals surface area contributed by atoms with Crippen molar-refractivity contribution >= 4 is 11.8 Å². The van der Waals surface area contributed by atoms with Crippen molar-refractivity contribution in [3.05, 3.63) is 29.3 Å². The van der Waals surface area contributed by atoms with Crippen LogP contribution in [0, 0.1) is 0 Å². The number of hydrogen-bond acceptors (Lipinski definition) is 4. The summed E-state index contributed by atoms with van der Waals surface area (Å²) in [5.41, 5.74) is 0.467. The summed E-state index contributed by atoms with van der Waals surface area (Å²) in [6, 6.07) is 4.07. The average molecular weight is 413 g/mol. The molecule has 0 bridgehead atoms. The molecule has 0 N–H and O–H groups in total. The second kappa shape index (κ2) is 8.42. The molecule has 2 heterocycles. The van der Waals surface area contributed by atoms with Crippen LogP contribution in [0.25, 0.3) is 0 Å². The van der Waals surface area contributed by atoms with Crippen LogP contribution >= 0.6 is 0 Å². The highest BCUT2D eigenvalue weighted by Crippen LogP contribution is 2.35. The molecule has 2 aliphatic rings. The maximum Gasteiger partial charge on any atom is 0.416 e. The molecule has 2 saturated heterocycles. The van der Waals surface area contributed by atoms with Crippen LogP contribution in [0.2, 0.25) is 0 Å². The molecule has 0 aliphatic carbocycles. The minimum absolute atomic E-state index is 0.315. The van der Waals surface area contributed by atoms with E-state index in [0.29, 0.717) is 38.4 Å². The molecule has 1 aromatic rings. The van der Waals surface area contributed by atoms with Gasteiger partial charge in [0.1, 0.15) is 5.60 Å². The fourth-order valence-electron chi connectivity index (χ4n) is 3.78. The van der Waals surface area contributed by atoms with Gasteiger partial charge in [-0.25, -0.2) is 4.79 Å². The van der Waals surface area contributed by atoms with Gasteiger partial charge < -0.3 is 14.5 Å². The number of benzene rings is 1. The predicted molar refractivity (Wildman–Crippen MR) is 106 cm³/mol. The van der Waals surface area contributed by atoms with Crippen molar-refractivity contribution in [1.29, 1.82) is 0 Å². The minimum atomic E-state index is -4.34. The van der Waals surface area contributed by atoms with Crippen molar-refractivity contribution in [3.8, 4) is 0 Å². The molecule has 3 rings (SSSR count). The van der Waals surface area contributed by atoms with Gasteiger partial charge in [0, 0.05) is 51.5 Å². The smallest absolute Gasteiger partial charge is 0.416 e. The van der Waals surface area contributed by atoms with E-state index in [-0.39, 0.29) is 6.09 Å². The first kappa shape index (κ1) is 21.7. The topological polar surface area (TPSA) is 36.0 Å². The number of hydrogen-bond donors (Lipinski definition) is 0. The second-order valence-corrected chi connectivity index (χ2v) is 8.78. The lowest BCUT2D eigenvalue weighted by molar-refractivity contribution is -0.137. The standard InChI is InChI=1S/C21H30F3N3O2/c1-20(2,3)29-19(28)27-12-10-25(11-13-27)15-16-6-7-17(21(22,23)24)14-18(16)26-8-4-5-9-26/h6-7,14H,4-5,8-13,15H2,1-3H3. The van der Waals surface area contributed by atoms with Crippen LogP contribution in [-0.4, -0.2) is 60.8 Å². The zero-order chi connectivity index (χ0) is 21.2. The summed E-state index contributed by atoms with van der Waals surface area (Å²) in [7, 11) is 0. The third kappa shape index (κ3) is 5.78. The first-order chi connectivity index (χ1) is 13.5. The van der Waals surface area contributed by atoms with Crippen molar-refractivity contribution in [3.63, 3.8) is 0 Å². The van der Waals surface area contributed by atoms with Crippen molar-refractivity contribution in [2.75, 3.05) is 44.2 Å². The average Bonchev–Trinajstić information content (AvgIpc) is 3.14. The van der Waals surface area contributed by atoms with E-state index in [1.165, 1.54) is 12.1 Å². The molecule has 2 fully saturated rings. The van der Waals surface area contributed by atoms with E-state index < -0.39 is 17.3 Å². The molecule has 1 amide bonds. The second-order valence-electron chi connectivity index (χ2n) is 8.78. The fourth-order valence-corrected chi connectivity index (χ4v) is 3.78. The van der Waals surface area contributed by atoms with Gasteiger partial charge in [-0.15, -0.1) is 0 Å². The van der Waals surface area contributed by atoms with Crippen molar-refractivity contribution in [1.82, 2.24) is 9.80 Å². The first-order valence-corrected chi connectivity index (χ1v) is 10.2. The molecular weight excluding hydrogens is 383 g/mol. The van der Waals surface area contributed by atoms with Gasteiger partial charge in [-0.3, -0.25) is 4.90 Å². The highest BCUT2D eigenvalue weighted by Gasteiger charge is 2.32. The number of rotatable bonds is 3. The minimum Gasteiger partial charge on any atom is -0.444 e. The number of carbonyl (C=O) groups excluding carboxylic acids is 1. The number of piperazine rings is 1. The molecule has 1 aromatic carbocycles. The van der Waals surface area contributed by atoms with Crippen LogP contribution in [0.15, 0.2) is 18.2 Å². The number of ether oxygens (including phenoxy) is 1. The van der Waals surface area contributed by atoms with Crippen LogP contribution in [0.4, 0.5) is 23.7 Å². The maximum atomic E-state index is 13.2. The summed E-state index contributed by atoms with van der Waals surface area (Å²) in [6.45, 7) is 10.1. The van der Waals surface area contributed by atoms with Crippen molar-refractivity contribution < 1.29 is 22.7 Å². The van der Waals surface area contributed by atoms with Crippen LogP contribution in [-0.2, 0) is 17.5 Å². The van der Waals surface area contributed by atoms with E-state index in [1.54, 1.807) is 11.0 Å². The summed E-state index contributed by atoms with van der Waals surface area (Å²) in [5.74, 6) is 0. The fraction of sp³-hybridized carbons (Fsp3) is 0.667. The van der Waals surface area contributed by atoms with Crippen LogP contribution in [0.5, 0.6) is 0 Å². The number of alkyl halides is 3. The number of anilines is 1. The lowest BCUT2D eigenvalue weighted by atomic mass is 10.1. The molecule has 0 atom stereocenters. The third-order valence-electron chi connectivity index (χ3n) is 5.28. The predicted octanol–water partition coefficient (Wildman–Crippen LogP) is 4.36. The Morgan fingerprint density at radius 2 is 1.62 bits per heavy atom. The van der Waals surface area contributed by atoms with E-state index in [0.717, 1.165) is 31.5 Å². The van der Waals surface area contributed by atoms with Gasteiger partial charge in [0.15, 0.2) is 0 Å². The molecule has 162 valence electrons. The molecule has 8 heteroatoms. The third-order valence-corrected chi connectivity index (χ3v) is 5.28. The lowest BCUT2D eigenvalue weighted by Crippen LogP contribution is -2.49. The zero-order valence-electron chi connectivity index (χ0n) is 17.4. The van der Waals surface area contributed by atoms with E-state index in [2.05, 4.69) is 9.80 Å².